The first kappa shape index (κ1) is 50.0. The van der Waals surface area contributed by atoms with Gasteiger partial charge in [-0.3, -0.25) is 0 Å². The minimum atomic E-state index is -0.126. The highest BCUT2D eigenvalue weighted by atomic mass is 16.3. The molecule has 5 aromatic rings. The monoisotopic (exact) mass is 920 g/mol. The van der Waals surface area contributed by atoms with Gasteiger partial charge < -0.3 is 19.1 Å². The molecule has 0 saturated carbocycles. The first-order valence-electron chi connectivity index (χ1n) is 25.9. The van der Waals surface area contributed by atoms with Gasteiger partial charge >= 0.3 is 0 Å². The SMILES string of the molecule is C/C=C(\C=C1/C(CC)B2c3oc(C)c(C)c3N(C3=CCC(C(C)(C)C)C=C3)c3cc(C(C)(C)C)cc(c32)N1c1ccc(C(C)(C)C)cc1)N(c1ccc(C(C)(C)C)cc1)c1ccc(C(C)(C)C)cc1. The summed E-state index contributed by atoms with van der Waals surface area (Å²) in [5.74, 6) is 1.54. The smallest absolute Gasteiger partial charge is 0.272 e. The Kier molecular flexibility index (Phi) is 12.9. The highest BCUT2D eigenvalue weighted by molar-refractivity contribution is 6.90. The molecule has 0 spiro atoms. The zero-order chi connectivity index (χ0) is 50.3. The highest BCUT2D eigenvalue weighted by Crippen LogP contribution is 2.52. The Morgan fingerprint density at radius 1 is 0.667 bits per heavy atom. The molecule has 0 radical (unpaired) electrons. The van der Waals surface area contributed by atoms with E-state index in [0.29, 0.717) is 5.92 Å². The first-order chi connectivity index (χ1) is 32.1. The lowest BCUT2D eigenvalue weighted by molar-refractivity contribution is 0.293. The summed E-state index contributed by atoms with van der Waals surface area (Å²) in [7, 11) is 0. The Labute approximate surface area is 418 Å². The third-order valence-electron chi connectivity index (χ3n) is 15.4. The van der Waals surface area contributed by atoms with Crippen molar-refractivity contribution in [1.29, 1.82) is 0 Å². The van der Waals surface area contributed by atoms with E-state index in [1.54, 1.807) is 0 Å². The molecule has 0 saturated heterocycles. The van der Waals surface area contributed by atoms with E-state index in [9.17, 15) is 0 Å². The molecule has 3 aliphatic rings. The summed E-state index contributed by atoms with van der Waals surface area (Å²) in [6, 6.07) is 33.0. The molecule has 362 valence electrons. The molecule has 3 heterocycles. The number of hydrogen-bond acceptors (Lipinski definition) is 4. The standard InChI is InChI=1S/C64H82BN3O/c1-20-48(66(49-30-22-43(23-31-49)60(5,6)7)50-32-24-44(25-33-50)61(8,9)10)40-54-53(21-2)65-57-55(67(54)51-34-26-45(27-35-51)62(11,12)13)38-47(64(17,18)19)39-56(57)68(58-41(3)42(4)69-59(58)65)52-36-28-46(29-37-52)63(14,15)16/h20,22-28,30-40,46,53H,21,29H2,1-19H3/b48-20+,54-40+. The van der Waals surface area contributed by atoms with Crippen LogP contribution in [0.4, 0.5) is 34.1 Å². The van der Waals surface area contributed by atoms with E-state index in [0.717, 1.165) is 41.3 Å². The predicted molar refractivity (Wildman–Crippen MR) is 301 cm³/mol. The fourth-order valence-corrected chi connectivity index (χ4v) is 10.8. The fourth-order valence-electron chi connectivity index (χ4n) is 10.8. The van der Waals surface area contributed by atoms with Crippen LogP contribution < -0.4 is 25.8 Å². The number of hydrogen-bond donors (Lipinski definition) is 0. The van der Waals surface area contributed by atoms with Crippen LogP contribution in [-0.4, -0.2) is 6.71 Å². The van der Waals surface area contributed by atoms with E-state index in [4.69, 9.17) is 4.42 Å². The normalized spacial score (nSPS) is 18.4. The number of nitrogens with zero attached hydrogens (tertiary/aromatic N) is 3. The summed E-state index contributed by atoms with van der Waals surface area (Å²) >= 11 is 0. The zero-order valence-electron chi connectivity index (χ0n) is 45.9. The minimum absolute atomic E-state index is 0.0109. The predicted octanol–water partition coefficient (Wildman–Crippen LogP) is 17.2. The Morgan fingerprint density at radius 3 is 1.57 bits per heavy atom. The molecular formula is C64H82BN3O. The third-order valence-corrected chi connectivity index (χ3v) is 15.4. The van der Waals surface area contributed by atoms with E-state index in [1.807, 2.05) is 0 Å². The maximum atomic E-state index is 7.19. The van der Waals surface area contributed by atoms with Crippen LogP contribution >= 0.6 is 0 Å². The van der Waals surface area contributed by atoms with Crippen molar-refractivity contribution in [3.63, 3.8) is 0 Å². The van der Waals surface area contributed by atoms with Crippen LogP contribution in [0, 0.1) is 25.2 Å². The lowest BCUT2D eigenvalue weighted by Gasteiger charge is -2.47. The molecule has 5 heteroatoms. The molecule has 2 unspecified atom stereocenters. The molecule has 1 aromatic heterocycles. The van der Waals surface area contributed by atoms with Crippen LogP contribution in [0.1, 0.15) is 164 Å². The number of furan rings is 1. The summed E-state index contributed by atoms with van der Waals surface area (Å²) in [6.45, 7) is 43.8. The van der Waals surface area contributed by atoms with Crippen LogP contribution in [0.2, 0.25) is 5.82 Å². The van der Waals surface area contributed by atoms with Crippen molar-refractivity contribution in [2.24, 2.45) is 11.3 Å². The quantitative estimate of drug-likeness (QED) is 0.152. The van der Waals surface area contributed by atoms with Gasteiger partial charge in [0.05, 0.1) is 11.3 Å². The Hall–Kier alpha value is -5.42. The largest absolute Gasteiger partial charge is 0.474 e. The van der Waals surface area contributed by atoms with Crippen LogP contribution in [0.5, 0.6) is 0 Å². The topological polar surface area (TPSA) is 22.9 Å². The van der Waals surface area contributed by atoms with Gasteiger partial charge in [-0.2, -0.15) is 0 Å². The third kappa shape index (κ3) is 9.37. The van der Waals surface area contributed by atoms with Crippen molar-refractivity contribution in [2.75, 3.05) is 14.7 Å². The molecule has 69 heavy (non-hydrogen) atoms. The molecule has 8 rings (SSSR count). The maximum absolute atomic E-state index is 7.19. The van der Waals surface area contributed by atoms with Gasteiger partial charge in [0.1, 0.15) is 5.76 Å². The number of fused-ring (bicyclic) bond motifs is 2. The summed E-state index contributed by atoms with van der Waals surface area (Å²) in [4.78, 5) is 7.67. The summed E-state index contributed by atoms with van der Waals surface area (Å²) in [5, 5.41) is 0. The van der Waals surface area contributed by atoms with E-state index in [1.165, 1.54) is 67.4 Å². The Bertz CT molecular complexity index is 2770. The lowest BCUT2D eigenvalue weighted by Crippen LogP contribution is -2.58. The van der Waals surface area contributed by atoms with Crippen LogP contribution in [0.15, 0.2) is 137 Å². The molecule has 0 fully saturated rings. The number of anilines is 6. The van der Waals surface area contributed by atoms with Crippen LogP contribution in [0.3, 0.4) is 0 Å². The van der Waals surface area contributed by atoms with Gasteiger partial charge in [-0.25, -0.2) is 0 Å². The van der Waals surface area contributed by atoms with E-state index in [-0.39, 0.29) is 39.6 Å². The van der Waals surface area contributed by atoms with E-state index >= 15 is 0 Å². The van der Waals surface area contributed by atoms with Gasteiger partial charge in [0.15, 0.2) is 0 Å². The molecule has 0 N–H and O–H groups in total. The van der Waals surface area contributed by atoms with Gasteiger partial charge in [0.25, 0.3) is 6.71 Å². The molecule has 2 atom stereocenters. The van der Waals surface area contributed by atoms with E-state index < -0.39 is 0 Å². The summed E-state index contributed by atoms with van der Waals surface area (Å²) < 4.78 is 7.19. The number of allylic oxidation sites excluding steroid dienone is 6. The summed E-state index contributed by atoms with van der Waals surface area (Å²) in [6.07, 6.45) is 14.1. The average Bonchev–Trinajstić information content (AvgIpc) is 3.57. The van der Waals surface area contributed by atoms with Gasteiger partial charge in [-0.1, -0.05) is 172 Å². The Morgan fingerprint density at radius 2 is 1.14 bits per heavy atom. The van der Waals surface area contributed by atoms with Crippen molar-refractivity contribution < 1.29 is 4.42 Å². The number of benzene rings is 4. The van der Waals surface area contributed by atoms with Crippen molar-refractivity contribution in [3.8, 4) is 0 Å². The second-order valence-electron chi connectivity index (χ2n) is 25.5. The molecule has 0 bridgehead atoms. The molecule has 0 amide bonds. The van der Waals surface area contributed by atoms with Crippen molar-refractivity contribution in [2.45, 2.75) is 172 Å². The maximum Gasteiger partial charge on any atom is 0.272 e. The number of rotatable bonds is 7. The molecule has 4 aromatic carbocycles. The van der Waals surface area contributed by atoms with Crippen molar-refractivity contribution >= 4 is 52.0 Å². The second-order valence-corrected chi connectivity index (χ2v) is 25.5. The average molecular weight is 920 g/mol. The van der Waals surface area contributed by atoms with Gasteiger partial charge in [-0.15, -0.1) is 0 Å². The fraction of sp³-hybridized carbons (Fsp3) is 0.438. The molecule has 2 aliphatic heterocycles. The highest BCUT2D eigenvalue weighted by Gasteiger charge is 2.51. The van der Waals surface area contributed by atoms with Crippen LogP contribution in [-0.2, 0) is 21.7 Å². The number of aryl methyl sites for hydroxylation is 1. The van der Waals surface area contributed by atoms with E-state index in [2.05, 4.69) is 262 Å². The van der Waals surface area contributed by atoms with Gasteiger partial charge in [-0.05, 0) is 154 Å². The van der Waals surface area contributed by atoms with Crippen molar-refractivity contribution in [3.05, 3.63) is 166 Å². The molecule has 4 nitrogen and oxygen atoms in total. The minimum Gasteiger partial charge on any atom is -0.474 e. The zero-order valence-corrected chi connectivity index (χ0v) is 45.9. The molecular weight excluding hydrogens is 838 g/mol. The molecule has 1 aliphatic carbocycles. The van der Waals surface area contributed by atoms with Crippen molar-refractivity contribution in [1.82, 2.24) is 0 Å². The summed E-state index contributed by atoms with van der Waals surface area (Å²) in [5.41, 5.74) is 19.8. The second kappa shape index (κ2) is 17.8. The van der Waals surface area contributed by atoms with Crippen LogP contribution in [0.25, 0.3) is 0 Å². The Balaban J connectivity index is 1.44. The lowest BCUT2D eigenvalue weighted by atomic mass is 9.31. The first-order valence-corrected chi connectivity index (χ1v) is 25.9. The van der Waals surface area contributed by atoms with Gasteiger partial charge in [0.2, 0.25) is 0 Å². The van der Waals surface area contributed by atoms with Gasteiger partial charge in [0, 0.05) is 51.1 Å².